The van der Waals surface area contributed by atoms with Crippen molar-refractivity contribution < 1.29 is 36.9 Å². The molecular weight excluding hydrogens is 527 g/mol. The van der Waals surface area contributed by atoms with Gasteiger partial charge < -0.3 is 24.3 Å². The number of esters is 1. The summed E-state index contributed by atoms with van der Waals surface area (Å²) in [6.07, 6.45) is -4.33. The number of carbonyl (C=O) groups excluding carboxylic acids is 1. The van der Waals surface area contributed by atoms with E-state index in [1.807, 2.05) is 47.9 Å². The topological polar surface area (TPSA) is 83.8 Å². The Kier molecular flexibility index (Phi) is 6.44. The number of hydrogen-bond acceptors (Lipinski definition) is 7. The summed E-state index contributed by atoms with van der Waals surface area (Å²) in [7, 11) is 0. The Hall–Kier alpha value is -4.41. The molecular formula is C29H26F3N3O5. The number of carbonyl (C=O) groups is 1. The summed E-state index contributed by atoms with van der Waals surface area (Å²) in [6.45, 7) is 2.56. The van der Waals surface area contributed by atoms with Crippen molar-refractivity contribution >= 4 is 22.7 Å². The normalized spacial score (nSPS) is 17.6. The second-order valence-electron chi connectivity index (χ2n) is 9.61. The second-order valence-corrected chi connectivity index (χ2v) is 9.61. The monoisotopic (exact) mass is 553 g/mol. The molecule has 0 saturated carbocycles. The van der Waals surface area contributed by atoms with E-state index in [1.54, 1.807) is 12.1 Å². The van der Waals surface area contributed by atoms with Gasteiger partial charge in [-0.15, -0.1) is 0 Å². The molecule has 0 spiro atoms. The Morgan fingerprint density at radius 3 is 2.70 bits per heavy atom. The summed E-state index contributed by atoms with van der Waals surface area (Å²) in [5.41, 5.74) is 4.31. The fraction of sp³-hybridized carbons (Fsp3) is 0.310. The number of imidazole rings is 1. The van der Waals surface area contributed by atoms with Gasteiger partial charge in [0, 0.05) is 36.2 Å². The highest BCUT2D eigenvalue weighted by Crippen LogP contribution is 2.43. The first kappa shape index (κ1) is 25.8. The average molecular weight is 554 g/mol. The molecule has 0 bridgehead atoms. The number of nitrogens with zero attached hydrogens (tertiary/aromatic N) is 2. The van der Waals surface area contributed by atoms with Gasteiger partial charge in [-0.1, -0.05) is 25.1 Å². The van der Waals surface area contributed by atoms with Crippen LogP contribution in [0.25, 0.3) is 16.7 Å². The third kappa shape index (κ3) is 4.76. The molecule has 6 rings (SSSR count). The van der Waals surface area contributed by atoms with E-state index >= 15 is 0 Å². The van der Waals surface area contributed by atoms with Crippen LogP contribution in [0.15, 0.2) is 54.6 Å². The van der Waals surface area contributed by atoms with Crippen LogP contribution >= 0.6 is 0 Å². The molecule has 0 fully saturated rings. The lowest BCUT2D eigenvalue weighted by Crippen LogP contribution is -2.19. The lowest BCUT2D eigenvalue weighted by Gasteiger charge is -2.15. The number of aryl methyl sites for hydroxylation is 1. The van der Waals surface area contributed by atoms with Crippen molar-refractivity contribution in [2.24, 2.45) is 0 Å². The zero-order valence-corrected chi connectivity index (χ0v) is 21.7. The Bertz CT molecular complexity index is 1600. The van der Waals surface area contributed by atoms with Gasteiger partial charge in [-0.3, -0.25) is 9.36 Å². The van der Waals surface area contributed by atoms with Crippen molar-refractivity contribution in [3.63, 3.8) is 0 Å². The van der Waals surface area contributed by atoms with Crippen molar-refractivity contribution in [2.75, 3.05) is 25.1 Å². The molecule has 8 nitrogen and oxygen atoms in total. The van der Waals surface area contributed by atoms with Crippen molar-refractivity contribution in [1.82, 2.24) is 9.55 Å². The number of nitrogens with one attached hydrogen (secondary N) is 1. The smallest absolute Gasteiger partial charge is 0.422 e. The molecule has 3 heterocycles. The van der Waals surface area contributed by atoms with Crippen LogP contribution in [0, 0.1) is 0 Å². The van der Waals surface area contributed by atoms with Crippen LogP contribution in [0.5, 0.6) is 17.2 Å². The van der Waals surface area contributed by atoms with Crippen LogP contribution in [0.2, 0.25) is 0 Å². The maximum absolute atomic E-state index is 12.8. The summed E-state index contributed by atoms with van der Waals surface area (Å²) in [4.78, 5) is 16.0. The van der Waals surface area contributed by atoms with Crippen molar-refractivity contribution in [3.8, 4) is 22.9 Å². The summed E-state index contributed by atoms with van der Waals surface area (Å²) in [5.74, 6) is 1.71. The maximum Gasteiger partial charge on any atom is 0.422 e. The summed E-state index contributed by atoms with van der Waals surface area (Å²) < 4.78 is 62.7. The number of benzene rings is 3. The SMILES string of the molecule is CCc1nc2c(OCC(F)(F)F)cccc2n1-c1cccc2c1OC[C@H]2Nc1ccc2c(c1)OC[C@H]2OC(C)=O. The van der Waals surface area contributed by atoms with Gasteiger partial charge in [0.25, 0.3) is 0 Å². The molecule has 1 aromatic heterocycles. The van der Waals surface area contributed by atoms with Gasteiger partial charge in [0.05, 0.1) is 17.2 Å². The number of rotatable bonds is 7. The van der Waals surface area contributed by atoms with Crippen LogP contribution in [0.3, 0.4) is 0 Å². The molecule has 11 heteroatoms. The molecule has 0 saturated heterocycles. The predicted octanol–water partition coefficient (Wildman–Crippen LogP) is 6.07. The number of alkyl halides is 3. The first-order chi connectivity index (χ1) is 19.2. The van der Waals surface area contributed by atoms with Crippen LogP contribution in [0.1, 0.15) is 42.9 Å². The number of para-hydroxylation sites is 2. The molecule has 2 aliphatic heterocycles. The number of ether oxygens (including phenoxy) is 4. The summed E-state index contributed by atoms with van der Waals surface area (Å²) in [5, 5.41) is 3.50. The number of halogens is 3. The van der Waals surface area contributed by atoms with E-state index in [-0.39, 0.29) is 24.4 Å². The van der Waals surface area contributed by atoms with Gasteiger partial charge in [0.15, 0.2) is 12.7 Å². The standard InChI is InChI=1S/C29H26F3N3O5/c1-3-26-34-27-21(7-5-9-23(27)39-15-29(30,31)32)35(26)22-8-4-6-18-20(13-38-28(18)22)33-17-10-11-19-24(12-17)37-14-25(19)40-16(2)36/h4-12,20,25,33H,3,13-15H2,1-2H3/t20-,25-/m1/s1. The Morgan fingerprint density at radius 2 is 1.93 bits per heavy atom. The highest BCUT2D eigenvalue weighted by molar-refractivity contribution is 5.85. The van der Waals surface area contributed by atoms with E-state index in [9.17, 15) is 18.0 Å². The molecule has 4 aromatic rings. The molecule has 0 amide bonds. The Morgan fingerprint density at radius 1 is 1.10 bits per heavy atom. The third-order valence-electron chi connectivity index (χ3n) is 6.86. The fourth-order valence-corrected chi connectivity index (χ4v) is 5.20. The van der Waals surface area contributed by atoms with Crippen molar-refractivity contribution in [2.45, 2.75) is 38.6 Å². The summed E-state index contributed by atoms with van der Waals surface area (Å²) >= 11 is 0. The molecule has 0 unspecified atom stereocenters. The average Bonchev–Trinajstić information content (AvgIpc) is 3.62. The Labute approximate surface area is 227 Å². The molecule has 2 atom stereocenters. The zero-order valence-electron chi connectivity index (χ0n) is 21.7. The molecule has 40 heavy (non-hydrogen) atoms. The minimum atomic E-state index is -4.45. The minimum Gasteiger partial charge on any atom is -0.489 e. The largest absolute Gasteiger partial charge is 0.489 e. The quantitative estimate of drug-likeness (QED) is 0.278. The Balaban J connectivity index is 1.31. The maximum atomic E-state index is 12.8. The molecule has 0 aliphatic carbocycles. The number of anilines is 1. The van der Waals surface area contributed by atoms with E-state index < -0.39 is 18.9 Å². The molecule has 0 radical (unpaired) electrons. The third-order valence-corrected chi connectivity index (χ3v) is 6.86. The number of fused-ring (bicyclic) bond motifs is 3. The van der Waals surface area contributed by atoms with Gasteiger partial charge in [-0.05, 0) is 30.3 Å². The lowest BCUT2D eigenvalue weighted by atomic mass is 10.1. The van der Waals surface area contributed by atoms with Gasteiger partial charge in [-0.2, -0.15) is 13.2 Å². The van der Waals surface area contributed by atoms with Gasteiger partial charge in [-0.25, -0.2) is 4.98 Å². The van der Waals surface area contributed by atoms with Crippen LogP contribution in [-0.4, -0.2) is 41.5 Å². The minimum absolute atomic E-state index is 0.0751. The molecule has 3 aromatic carbocycles. The molecule has 2 aliphatic rings. The van der Waals surface area contributed by atoms with Crippen LogP contribution < -0.4 is 19.5 Å². The molecule has 1 N–H and O–H groups in total. The van der Waals surface area contributed by atoms with E-state index in [0.717, 1.165) is 22.5 Å². The van der Waals surface area contributed by atoms with E-state index in [0.29, 0.717) is 41.4 Å². The summed E-state index contributed by atoms with van der Waals surface area (Å²) in [6, 6.07) is 16.3. The zero-order chi connectivity index (χ0) is 28.0. The first-order valence-corrected chi connectivity index (χ1v) is 12.9. The highest BCUT2D eigenvalue weighted by atomic mass is 19.4. The fourth-order valence-electron chi connectivity index (χ4n) is 5.20. The molecule has 208 valence electrons. The van der Waals surface area contributed by atoms with E-state index in [1.165, 1.54) is 13.0 Å². The van der Waals surface area contributed by atoms with Crippen LogP contribution in [-0.2, 0) is 16.0 Å². The van der Waals surface area contributed by atoms with Gasteiger partial charge in [0.2, 0.25) is 0 Å². The second kappa shape index (κ2) is 9.96. The van der Waals surface area contributed by atoms with Gasteiger partial charge >= 0.3 is 12.1 Å². The lowest BCUT2D eigenvalue weighted by molar-refractivity contribution is -0.153. The van der Waals surface area contributed by atoms with Crippen LogP contribution in [0.4, 0.5) is 18.9 Å². The van der Waals surface area contributed by atoms with Crippen molar-refractivity contribution in [3.05, 3.63) is 71.5 Å². The number of hydrogen-bond donors (Lipinski definition) is 1. The van der Waals surface area contributed by atoms with E-state index in [2.05, 4.69) is 10.3 Å². The first-order valence-electron chi connectivity index (χ1n) is 12.9. The van der Waals surface area contributed by atoms with Crippen molar-refractivity contribution in [1.29, 1.82) is 0 Å². The highest BCUT2D eigenvalue weighted by Gasteiger charge is 2.32. The number of aromatic nitrogens is 2. The predicted molar refractivity (Wildman–Crippen MR) is 140 cm³/mol. The van der Waals surface area contributed by atoms with E-state index in [4.69, 9.17) is 18.9 Å². The van der Waals surface area contributed by atoms with Gasteiger partial charge in [0.1, 0.15) is 41.8 Å².